The number of aryl methyl sites for hydroxylation is 2. The summed E-state index contributed by atoms with van der Waals surface area (Å²) in [4.78, 5) is 17.8. The molecule has 2 rings (SSSR count). The first-order chi connectivity index (χ1) is 6.52. The number of aromatic nitrogens is 3. The highest BCUT2D eigenvalue weighted by atomic mass is 35.5. The summed E-state index contributed by atoms with van der Waals surface area (Å²) in [7, 11) is 0. The van der Waals surface area contributed by atoms with E-state index in [1.54, 1.807) is 0 Å². The molecule has 0 spiro atoms. The first kappa shape index (κ1) is 9.08. The maximum atomic E-state index is 10.9. The molecule has 0 atom stereocenters. The van der Waals surface area contributed by atoms with E-state index in [0.29, 0.717) is 5.78 Å². The molecule has 0 aliphatic heterocycles. The first-order valence-electron chi connectivity index (χ1n) is 3.98. The molecule has 14 heavy (non-hydrogen) atoms. The molecule has 0 saturated heterocycles. The highest BCUT2D eigenvalue weighted by Crippen LogP contribution is 2.20. The topological polar surface area (TPSA) is 70.4 Å². The number of imidazole rings is 2. The summed E-state index contributed by atoms with van der Waals surface area (Å²) in [5.74, 6) is -0.619. The van der Waals surface area contributed by atoms with Crippen molar-refractivity contribution in [1.29, 1.82) is 0 Å². The van der Waals surface area contributed by atoms with Crippen molar-refractivity contribution >= 4 is 23.3 Å². The number of carbonyl (C=O) groups is 1. The van der Waals surface area contributed by atoms with Gasteiger partial charge in [0.1, 0.15) is 0 Å². The normalized spacial score (nSPS) is 11.1. The van der Waals surface area contributed by atoms with Crippen LogP contribution < -0.4 is 0 Å². The van der Waals surface area contributed by atoms with Crippen molar-refractivity contribution in [1.82, 2.24) is 14.4 Å². The number of rotatable bonds is 1. The van der Waals surface area contributed by atoms with Gasteiger partial charge in [-0.1, -0.05) is 11.6 Å². The van der Waals surface area contributed by atoms with Crippen LogP contribution in [0, 0.1) is 13.8 Å². The van der Waals surface area contributed by atoms with Crippen LogP contribution in [-0.2, 0) is 0 Å². The smallest absolute Gasteiger partial charge is 0.356 e. The van der Waals surface area contributed by atoms with Crippen molar-refractivity contribution in [2.24, 2.45) is 0 Å². The van der Waals surface area contributed by atoms with Crippen molar-refractivity contribution in [3.8, 4) is 0 Å². The third-order valence-corrected chi connectivity index (χ3v) is 2.48. The average molecular weight is 214 g/mol. The van der Waals surface area contributed by atoms with Crippen LogP contribution in [-0.4, -0.2) is 25.4 Å². The predicted molar refractivity (Wildman–Crippen MR) is 51.0 cm³/mol. The lowest BCUT2D eigenvalue weighted by Gasteiger charge is -1.95. The lowest BCUT2D eigenvalue weighted by Crippen LogP contribution is -2.03. The molecular formula is C8H8ClN3O2. The van der Waals surface area contributed by atoms with Crippen LogP contribution in [0.2, 0.25) is 5.15 Å². The molecule has 0 aromatic carbocycles. The molecule has 2 N–H and O–H groups in total. The quantitative estimate of drug-likeness (QED) is 0.757. The summed E-state index contributed by atoms with van der Waals surface area (Å²) in [5, 5.41) is 8.93. The monoisotopic (exact) mass is 213 g/mol. The minimum Gasteiger partial charge on any atom is -0.476 e. The van der Waals surface area contributed by atoms with E-state index in [1.165, 1.54) is 4.40 Å². The van der Waals surface area contributed by atoms with Crippen LogP contribution >= 0.6 is 11.6 Å². The molecule has 0 radical (unpaired) electrons. The second-order valence-corrected chi connectivity index (χ2v) is 3.41. The van der Waals surface area contributed by atoms with Crippen molar-refractivity contribution in [2.45, 2.75) is 13.8 Å². The Kier molecular flexibility index (Phi) is 1.78. The molecule has 6 heteroatoms. The highest BCUT2D eigenvalue weighted by Gasteiger charge is 2.20. The van der Waals surface area contributed by atoms with E-state index in [9.17, 15) is 4.79 Å². The zero-order valence-electron chi connectivity index (χ0n) is 7.63. The zero-order chi connectivity index (χ0) is 10.5. The number of aromatic amines is 1. The molecule has 0 saturated carbocycles. The third kappa shape index (κ3) is 1.02. The van der Waals surface area contributed by atoms with Gasteiger partial charge in [0.2, 0.25) is 5.78 Å². The molecule has 5 nitrogen and oxygen atoms in total. The maximum Gasteiger partial charge on any atom is 0.356 e. The molecule has 2 aromatic heterocycles. The lowest BCUT2D eigenvalue weighted by molar-refractivity contribution is 0.0689. The molecule has 2 heterocycles. The molecule has 0 bridgehead atoms. The van der Waals surface area contributed by atoms with Crippen LogP contribution in [0.1, 0.15) is 21.9 Å². The fourth-order valence-corrected chi connectivity index (χ4v) is 1.66. The van der Waals surface area contributed by atoms with Gasteiger partial charge in [-0.2, -0.15) is 4.98 Å². The lowest BCUT2D eigenvalue weighted by atomic mass is 10.4. The Hall–Kier alpha value is -1.49. The summed E-state index contributed by atoms with van der Waals surface area (Å²) in [6.07, 6.45) is 0. The molecule has 74 valence electrons. The summed E-state index contributed by atoms with van der Waals surface area (Å²) < 4.78 is 1.50. The van der Waals surface area contributed by atoms with Gasteiger partial charge in [0, 0.05) is 11.4 Å². The van der Waals surface area contributed by atoms with Gasteiger partial charge in [-0.05, 0) is 13.8 Å². The fourth-order valence-electron chi connectivity index (χ4n) is 1.41. The SMILES string of the molecule is Cc1[nH]c2nc(Cl)c(C(=O)O)n2c1C. The van der Waals surface area contributed by atoms with E-state index >= 15 is 0 Å². The van der Waals surface area contributed by atoms with Crippen molar-refractivity contribution in [3.63, 3.8) is 0 Å². The second-order valence-electron chi connectivity index (χ2n) is 3.05. The van der Waals surface area contributed by atoms with E-state index in [-0.39, 0.29) is 10.8 Å². The summed E-state index contributed by atoms with van der Waals surface area (Å²) in [6.45, 7) is 3.66. The van der Waals surface area contributed by atoms with Crippen LogP contribution in [0.25, 0.3) is 5.78 Å². The Morgan fingerprint density at radius 1 is 1.57 bits per heavy atom. The maximum absolute atomic E-state index is 10.9. The van der Waals surface area contributed by atoms with Crippen LogP contribution in [0.5, 0.6) is 0 Å². The van der Waals surface area contributed by atoms with Gasteiger partial charge in [-0.15, -0.1) is 0 Å². The van der Waals surface area contributed by atoms with Gasteiger partial charge in [0.25, 0.3) is 0 Å². The summed E-state index contributed by atoms with van der Waals surface area (Å²) >= 11 is 5.70. The van der Waals surface area contributed by atoms with E-state index in [1.807, 2.05) is 13.8 Å². The number of carboxylic acid groups (broad SMARTS) is 1. The zero-order valence-corrected chi connectivity index (χ0v) is 8.38. The number of fused-ring (bicyclic) bond motifs is 1. The van der Waals surface area contributed by atoms with E-state index in [0.717, 1.165) is 11.4 Å². The third-order valence-electron chi connectivity index (χ3n) is 2.21. The number of halogens is 1. The van der Waals surface area contributed by atoms with Gasteiger partial charge in [0.05, 0.1) is 0 Å². The van der Waals surface area contributed by atoms with Gasteiger partial charge in [-0.3, -0.25) is 4.40 Å². The predicted octanol–water partition coefficient (Wildman–Crippen LogP) is 1.63. The van der Waals surface area contributed by atoms with Crippen LogP contribution in [0.15, 0.2) is 0 Å². The Bertz CT molecular complexity index is 526. The van der Waals surface area contributed by atoms with E-state index < -0.39 is 5.97 Å². The Morgan fingerprint density at radius 2 is 2.21 bits per heavy atom. The fraction of sp³-hybridized carbons (Fsp3) is 0.250. The summed E-state index contributed by atoms with van der Waals surface area (Å²) in [6, 6.07) is 0. The standard InChI is InChI=1S/C8H8ClN3O2/c1-3-4(2)12-5(7(13)14)6(9)11-8(12)10-3/h1-2H3,(H,10,11)(H,13,14). The number of carboxylic acids is 1. The van der Waals surface area contributed by atoms with Crippen LogP contribution in [0.3, 0.4) is 0 Å². The van der Waals surface area contributed by atoms with Crippen molar-refractivity contribution < 1.29 is 9.90 Å². The number of hydrogen-bond donors (Lipinski definition) is 2. The molecule has 0 aliphatic carbocycles. The molecule has 0 aliphatic rings. The van der Waals surface area contributed by atoms with E-state index in [4.69, 9.17) is 16.7 Å². The number of H-pyrrole nitrogens is 1. The van der Waals surface area contributed by atoms with Gasteiger partial charge < -0.3 is 10.1 Å². The van der Waals surface area contributed by atoms with Crippen LogP contribution in [0.4, 0.5) is 0 Å². The largest absolute Gasteiger partial charge is 0.476 e. The Balaban J connectivity index is 2.91. The van der Waals surface area contributed by atoms with Crippen molar-refractivity contribution in [2.75, 3.05) is 0 Å². The summed E-state index contributed by atoms with van der Waals surface area (Å²) in [5.41, 5.74) is 1.69. The number of aromatic carboxylic acids is 1. The molecule has 0 fully saturated rings. The first-order valence-corrected chi connectivity index (χ1v) is 4.36. The van der Waals surface area contributed by atoms with Gasteiger partial charge in [0.15, 0.2) is 10.8 Å². The molecule has 0 unspecified atom stereocenters. The Morgan fingerprint density at radius 3 is 2.79 bits per heavy atom. The minimum absolute atomic E-state index is 0.00326. The second kappa shape index (κ2) is 2.75. The minimum atomic E-state index is -1.08. The Labute approximate surface area is 84.3 Å². The number of nitrogens with zero attached hydrogens (tertiary/aromatic N) is 2. The van der Waals surface area contributed by atoms with Gasteiger partial charge in [-0.25, -0.2) is 4.79 Å². The average Bonchev–Trinajstić information content (AvgIpc) is 2.51. The van der Waals surface area contributed by atoms with Crippen molar-refractivity contribution in [3.05, 3.63) is 22.2 Å². The number of nitrogens with one attached hydrogen (secondary N) is 1. The molecule has 2 aromatic rings. The number of hydrogen-bond acceptors (Lipinski definition) is 2. The van der Waals surface area contributed by atoms with E-state index in [2.05, 4.69) is 9.97 Å². The highest BCUT2D eigenvalue weighted by molar-refractivity contribution is 6.32. The molecular weight excluding hydrogens is 206 g/mol. The van der Waals surface area contributed by atoms with Gasteiger partial charge >= 0.3 is 5.97 Å². The molecule has 0 amide bonds.